The molecule has 0 saturated carbocycles. The van der Waals surface area contributed by atoms with E-state index in [2.05, 4.69) is 20.4 Å². The Morgan fingerprint density at radius 1 is 0.661 bits per heavy atom. The summed E-state index contributed by atoms with van der Waals surface area (Å²) in [5, 5.41) is 26.8. The molecule has 0 radical (unpaired) electrons. The van der Waals surface area contributed by atoms with Crippen molar-refractivity contribution in [3.05, 3.63) is 79.6 Å². The van der Waals surface area contributed by atoms with Crippen LogP contribution in [-0.4, -0.2) is 119 Å². The maximum Gasteiger partial charge on any atom is 0.258 e. The van der Waals surface area contributed by atoms with Crippen LogP contribution in [-0.2, 0) is 32.2 Å². The van der Waals surface area contributed by atoms with Gasteiger partial charge in [0, 0.05) is 125 Å². The molecule has 4 fully saturated rings. The molecule has 2 aromatic rings. The fourth-order valence-corrected chi connectivity index (χ4v) is 11.4. The number of aliphatic hydroxyl groups is 2. The maximum atomic E-state index is 13.3. The SMILES string of the molecule is C/C=C/c1ccc2n(c1=O)C[C@H]1[C@H](CO)[C@@H](C(=O)NCCC)[C@@H]2N1CC1CCOCC1.C/C=C\c1ccc2n(c1=O)C[C@H]1[C@H](CO)[C@@H](C(=O)NCCC)[C@@H]2N1CC1CCOCC1. The van der Waals surface area contributed by atoms with Crippen molar-refractivity contribution in [3.63, 3.8) is 0 Å². The van der Waals surface area contributed by atoms with Gasteiger partial charge in [0.1, 0.15) is 0 Å². The standard InChI is InChI=1S/2C24H35N3O4/c2*1-3-5-17-6-7-19-22-21(23(29)25-10-4-2)18(15-28)20(14-27(19)24(17)30)26(22)13-16-8-11-31-12-9-16/h2*3,5-7,16,18,20-22,28H,4,8-15H2,1-2H3,(H,25,29)/b5-3+;5-3-/t2*18-,20-,21+,22+/m00/s1. The lowest BCUT2D eigenvalue weighted by molar-refractivity contribution is -0.128. The van der Waals surface area contributed by atoms with Crippen molar-refractivity contribution in [1.29, 1.82) is 0 Å². The minimum Gasteiger partial charge on any atom is -0.396 e. The summed E-state index contributed by atoms with van der Waals surface area (Å²) >= 11 is 0. The number of ether oxygens (including phenoxy) is 2. The van der Waals surface area contributed by atoms with Gasteiger partial charge in [0.05, 0.1) is 23.9 Å². The third-order valence-corrected chi connectivity index (χ3v) is 14.4. The lowest BCUT2D eigenvalue weighted by Gasteiger charge is -2.40. The van der Waals surface area contributed by atoms with Crippen molar-refractivity contribution in [2.45, 2.75) is 103 Å². The van der Waals surface area contributed by atoms with E-state index in [0.29, 0.717) is 49.1 Å². The van der Waals surface area contributed by atoms with Gasteiger partial charge in [-0.25, -0.2) is 0 Å². The first-order valence-electron chi connectivity index (χ1n) is 23.4. The van der Waals surface area contributed by atoms with Crippen LogP contribution in [0.2, 0.25) is 0 Å². The van der Waals surface area contributed by atoms with Gasteiger partial charge in [-0.2, -0.15) is 0 Å². The molecule has 0 spiro atoms. The minimum absolute atomic E-state index is 0.0104. The van der Waals surface area contributed by atoms with Crippen molar-refractivity contribution in [3.8, 4) is 0 Å². The molecule has 8 atom stereocenters. The molecule has 62 heavy (non-hydrogen) atoms. The van der Waals surface area contributed by atoms with Gasteiger partial charge in [-0.05, 0) is 88.5 Å². The number of nitrogens with one attached hydrogen (secondary N) is 2. The maximum absolute atomic E-state index is 13.3. The number of amides is 2. The van der Waals surface area contributed by atoms with Crippen LogP contribution in [0.4, 0.5) is 0 Å². The highest BCUT2D eigenvalue weighted by molar-refractivity contribution is 5.81. The zero-order valence-corrected chi connectivity index (χ0v) is 37.3. The fraction of sp³-hybridized carbons (Fsp3) is 0.667. The number of pyridine rings is 2. The van der Waals surface area contributed by atoms with Gasteiger partial charge in [0.25, 0.3) is 11.1 Å². The second-order valence-corrected chi connectivity index (χ2v) is 18.1. The Kier molecular flexibility index (Phi) is 15.7. The number of carbonyl (C=O) groups excluding carboxylic acids is 2. The van der Waals surface area contributed by atoms with E-state index in [1.165, 1.54) is 0 Å². The summed E-state index contributed by atoms with van der Waals surface area (Å²) in [7, 11) is 0. The molecule has 0 aromatic carbocycles. The van der Waals surface area contributed by atoms with E-state index in [-0.39, 0.29) is 84.0 Å². The van der Waals surface area contributed by atoms with Gasteiger partial charge in [0.15, 0.2) is 0 Å². The summed E-state index contributed by atoms with van der Waals surface area (Å²) in [6.07, 6.45) is 13.2. The van der Waals surface area contributed by atoms with Gasteiger partial charge >= 0.3 is 0 Å². The Hall–Kier alpha value is -3.92. The monoisotopic (exact) mass is 859 g/mol. The van der Waals surface area contributed by atoms with Crippen LogP contribution in [0.25, 0.3) is 12.2 Å². The summed E-state index contributed by atoms with van der Waals surface area (Å²) in [6, 6.07) is 7.32. The summed E-state index contributed by atoms with van der Waals surface area (Å²) in [5.41, 5.74) is 3.10. The Balaban J connectivity index is 0.000000186. The molecule has 6 aliphatic heterocycles. The summed E-state index contributed by atoms with van der Waals surface area (Å²) in [4.78, 5) is 57.7. The molecule has 0 aliphatic carbocycles. The third kappa shape index (κ3) is 9.19. The highest BCUT2D eigenvalue weighted by Crippen LogP contribution is 2.50. The van der Waals surface area contributed by atoms with Crippen molar-refractivity contribution in [2.24, 2.45) is 35.5 Å². The molecule has 2 aromatic heterocycles. The second-order valence-electron chi connectivity index (χ2n) is 18.1. The largest absolute Gasteiger partial charge is 0.396 e. The topological polar surface area (TPSA) is 168 Å². The van der Waals surface area contributed by atoms with E-state index < -0.39 is 0 Å². The first kappa shape index (κ1) is 46.1. The highest BCUT2D eigenvalue weighted by atomic mass is 16.5. The van der Waals surface area contributed by atoms with Gasteiger partial charge < -0.3 is 39.5 Å². The molecule has 8 heterocycles. The molecule has 4 N–H and O–H groups in total. The molecule has 6 aliphatic rings. The van der Waals surface area contributed by atoms with E-state index in [0.717, 1.165) is 89.4 Å². The molecular weight excluding hydrogens is 789 g/mol. The van der Waals surface area contributed by atoms with Gasteiger partial charge in [-0.3, -0.25) is 29.0 Å². The van der Waals surface area contributed by atoms with Crippen molar-refractivity contribution in [1.82, 2.24) is 29.6 Å². The quantitative estimate of drug-likeness (QED) is 0.221. The molecule has 8 rings (SSSR count). The molecular formula is C48H70N6O8. The van der Waals surface area contributed by atoms with Gasteiger partial charge in [0.2, 0.25) is 11.8 Å². The molecule has 0 unspecified atom stereocenters. The van der Waals surface area contributed by atoms with Crippen LogP contribution in [0.3, 0.4) is 0 Å². The molecule has 14 nitrogen and oxygen atoms in total. The van der Waals surface area contributed by atoms with Crippen LogP contribution in [0.5, 0.6) is 0 Å². The van der Waals surface area contributed by atoms with E-state index in [1.54, 1.807) is 0 Å². The minimum atomic E-state index is -0.359. The number of fused-ring (bicyclic) bond motifs is 8. The van der Waals surface area contributed by atoms with Gasteiger partial charge in [-0.15, -0.1) is 0 Å². The highest BCUT2D eigenvalue weighted by Gasteiger charge is 2.57. The average Bonchev–Trinajstić information content (AvgIpc) is 3.62. The Morgan fingerprint density at radius 3 is 1.39 bits per heavy atom. The summed E-state index contributed by atoms with van der Waals surface area (Å²) in [6.45, 7) is 14.9. The van der Waals surface area contributed by atoms with Crippen LogP contribution in [0.15, 0.2) is 46.0 Å². The Morgan fingerprint density at radius 2 is 1.05 bits per heavy atom. The second kappa shape index (κ2) is 21.2. The van der Waals surface area contributed by atoms with Crippen molar-refractivity contribution >= 4 is 24.0 Å². The van der Waals surface area contributed by atoms with E-state index in [1.807, 2.05) is 85.4 Å². The Labute approximate surface area is 366 Å². The zero-order valence-electron chi connectivity index (χ0n) is 37.3. The normalized spacial score (nSPS) is 28.7. The molecule has 2 amide bonds. The molecule has 4 bridgehead atoms. The number of aromatic nitrogens is 2. The average molecular weight is 859 g/mol. The van der Waals surface area contributed by atoms with Crippen molar-refractivity contribution < 1.29 is 29.3 Å². The summed E-state index contributed by atoms with van der Waals surface area (Å²) < 4.78 is 14.8. The number of aliphatic hydroxyl groups excluding tert-OH is 2. The zero-order chi connectivity index (χ0) is 43.9. The predicted octanol–water partition coefficient (Wildman–Crippen LogP) is 3.60. The first-order valence-corrected chi connectivity index (χ1v) is 23.4. The number of nitrogens with zero attached hydrogens (tertiary/aromatic N) is 4. The smallest absolute Gasteiger partial charge is 0.258 e. The Bertz CT molecular complexity index is 1890. The number of rotatable bonds is 14. The lowest BCUT2D eigenvalue weighted by atomic mass is 9.86. The predicted molar refractivity (Wildman–Crippen MR) is 239 cm³/mol. The van der Waals surface area contributed by atoms with Crippen LogP contribution >= 0.6 is 0 Å². The van der Waals surface area contributed by atoms with Crippen molar-refractivity contribution in [2.75, 3.05) is 65.8 Å². The van der Waals surface area contributed by atoms with E-state index >= 15 is 0 Å². The number of hydrogen-bond donors (Lipinski definition) is 4. The fourth-order valence-electron chi connectivity index (χ4n) is 11.4. The summed E-state index contributed by atoms with van der Waals surface area (Å²) in [5.74, 6) is -0.0959. The van der Waals surface area contributed by atoms with Crippen LogP contribution in [0.1, 0.15) is 101 Å². The molecule has 4 saturated heterocycles. The van der Waals surface area contributed by atoms with Crippen LogP contribution < -0.4 is 21.8 Å². The number of hydrogen-bond acceptors (Lipinski definition) is 10. The third-order valence-electron chi connectivity index (χ3n) is 14.4. The van der Waals surface area contributed by atoms with E-state index in [4.69, 9.17) is 9.47 Å². The molecule has 14 heteroatoms. The van der Waals surface area contributed by atoms with Crippen LogP contribution in [0, 0.1) is 35.5 Å². The number of carbonyl (C=O) groups is 2. The van der Waals surface area contributed by atoms with E-state index in [9.17, 15) is 29.4 Å². The molecule has 340 valence electrons. The lowest BCUT2D eigenvalue weighted by Crippen LogP contribution is -2.48. The number of allylic oxidation sites excluding steroid dienone is 2. The van der Waals surface area contributed by atoms with Gasteiger partial charge in [-0.1, -0.05) is 38.2 Å². The first-order chi connectivity index (χ1) is 30.2.